The minimum Gasteiger partial charge on any atom is -0.330 e. The highest BCUT2D eigenvalue weighted by Crippen LogP contribution is 2.34. The van der Waals surface area contributed by atoms with Crippen molar-refractivity contribution in [3.63, 3.8) is 0 Å². The van der Waals surface area contributed by atoms with Crippen LogP contribution in [0.15, 0.2) is 40.7 Å². The number of carbonyl (C=O) groups excluding carboxylic acids is 2. The maximum atomic E-state index is 13.0. The van der Waals surface area contributed by atoms with Gasteiger partial charge in [-0.05, 0) is 74.2 Å². The van der Waals surface area contributed by atoms with Crippen molar-refractivity contribution in [3.05, 3.63) is 58.7 Å². The normalized spacial score (nSPS) is 13.7. The number of benzene rings is 2. The third-order valence-electron chi connectivity index (χ3n) is 5.45. The summed E-state index contributed by atoms with van der Waals surface area (Å²) in [6.45, 7) is 8.29. The van der Waals surface area contributed by atoms with Gasteiger partial charge >= 0.3 is 0 Å². The van der Waals surface area contributed by atoms with Crippen molar-refractivity contribution >= 4 is 51.3 Å². The van der Waals surface area contributed by atoms with Gasteiger partial charge in [-0.2, -0.15) is 0 Å². The van der Waals surface area contributed by atoms with Gasteiger partial charge < -0.3 is 10.2 Å². The zero-order chi connectivity index (χ0) is 22.1. The molecule has 160 valence electrons. The van der Waals surface area contributed by atoms with Crippen molar-refractivity contribution in [2.75, 3.05) is 16.8 Å². The first-order valence-electron chi connectivity index (χ1n) is 10.1. The average molecular weight is 453 g/mol. The van der Waals surface area contributed by atoms with Crippen LogP contribution in [-0.4, -0.2) is 33.7 Å². The molecular formula is C23H24N4O2S2. The molecule has 6 nitrogen and oxygen atoms in total. The van der Waals surface area contributed by atoms with Crippen molar-refractivity contribution in [3.8, 4) is 0 Å². The van der Waals surface area contributed by atoms with E-state index in [1.165, 1.54) is 34.2 Å². The van der Waals surface area contributed by atoms with Gasteiger partial charge in [-0.3, -0.25) is 9.59 Å². The fourth-order valence-electron chi connectivity index (χ4n) is 3.57. The topological polar surface area (TPSA) is 75.2 Å². The van der Waals surface area contributed by atoms with E-state index in [0.717, 1.165) is 27.7 Å². The lowest BCUT2D eigenvalue weighted by atomic mass is 10.0. The molecule has 1 aliphatic rings. The molecule has 1 aromatic heterocycles. The zero-order valence-corrected chi connectivity index (χ0v) is 19.6. The number of Topliss-reactive ketones (excluding diaryl/α,β-unsaturated/α-hetero) is 1. The first kappa shape index (κ1) is 21.5. The van der Waals surface area contributed by atoms with E-state index >= 15 is 0 Å². The number of ketones is 1. The quantitative estimate of drug-likeness (QED) is 0.411. The molecule has 2 aromatic carbocycles. The summed E-state index contributed by atoms with van der Waals surface area (Å²) in [5.74, 6) is 0.0798. The average Bonchev–Trinajstić information content (AvgIpc) is 3.36. The van der Waals surface area contributed by atoms with Crippen molar-refractivity contribution in [2.45, 2.75) is 43.7 Å². The number of hydrogen-bond acceptors (Lipinski definition) is 7. The van der Waals surface area contributed by atoms with Crippen LogP contribution in [0.3, 0.4) is 0 Å². The van der Waals surface area contributed by atoms with Gasteiger partial charge in [-0.1, -0.05) is 29.2 Å². The van der Waals surface area contributed by atoms with Crippen molar-refractivity contribution in [1.82, 2.24) is 10.2 Å². The van der Waals surface area contributed by atoms with Crippen molar-refractivity contribution in [1.29, 1.82) is 0 Å². The van der Waals surface area contributed by atoms with E-state index in [2.05, 4.69) is 41.5 Å². The molecule has 0 bridgehead atoms. The highest BCUT2D eigenvalue weighted by molar-refractivity contribution is 8.02. The molecule has 2 heterocycles. The Hall–Kier alpha value is -2.71. The van der Waals surface area contributed by atoms with E-state index in [0.29, 0.717) is 17.2 Å². The highest BCUT2D eigenvalue weighted by atomic mass is 32.2. The predicted molar refractivity (Wildman–Crippen MR) is 127 cm³/mol. The Morgan fingerprint density at radius 3 is 2.68 bits per heavy atom. The number of nitrogens with one attached hydrogen (secondary N) is 1. The van der Waals surface area contributed by atoms with E-state index in [-0.39, 0.29) is 16.9 Å². The van der Waals surface area contributed by atoms with E-state index < -0.39 is 0 Å². The molecule has 0 fully saturated rings. The summed E-state index contributed by atoms with van der Waals surface area (Å²) in [7, 11) is 0. The Labute approximate surface area is 190 Å². The second-order valence-corrected chi connectivity index (χ2v) is 10.3. The third-order valence-corrected chi connectivity index (χ3v) is 7.47. The van der Waals surface area contributed by atoms with Gasteiger partial charge in [0.1, 0.15) is 0 Å². The van der Waals surface area contributed by atoms with Gasteiger partial charge in [0.2, 0.25) is 11.0 Å². The summed E-state index contributed by atoms with van der Waals surface area (Å²) in [5.41, 5.74) is 6.06. The molecule has 1 aliphatic heterocycles. The molecule has 1 N–H and O–H groups in total. The number of carbonyl (C=O) groups is 2. The summed E-state index contributed by atoms with van der Waals surface area (Å²) in [5, 5.41) is 12.1. The highest BCUT2D eigenvalue weighted by Gasteiger charge is 2.25. The Bertz CT molecular complexity index is 1160. The molecule has 1 amide bonds. The Morgan fingerprint density at radius 2 is 1.94 bits per heavy atom. The van der Waals surface area contributed by atoms with E-state index in [1.54, 1.807) is 11.8 Å². The summed E-state index contributed by atoms with van der Waals surface area (Å²) >= 11 is 2.85. The largest absolute Gasteiger partial charge is 0.330 e. The van der Waals surface area contributed by atoms with Crippen LogP contribution < -0.4 is 10.2 Å². The number of hydrogen-bond donors (Lipinski definition) is 1. The molecule has 1 atom stereocenters. The first-order valence-corrected chi connectivity index (χ1v) is 11.8. The van der Waals surface area contributed by atoms with E-state index in [1.807, 2.05) is 31.2 Å². The molecule has 0 spiro atoms. The number of amides is 1. The molecule has 31 heavy (non-hydrogen) atoms. The smallest absolute Gasteiger partial charge is 0.223 e. The lowest BCUT2D eigenvalue weighted by molar-refractivity contribution is -0.116. The second kappa shape index (κ2) is 8.80. The van der Waals surface area contributed by atoms with Crippen LogP contribution in [0.25, 0.3) is 0 Å². The summed E-state index contributed by atoms with van der Waals surface area (Å²) < 4.78 is 0.746. The molecule has 8 heteroatoms. The van der Waals surface area contributed by atoms with Gasteiger partial charge in [0, 0.05) is 30.4 Å². The Morgan fingerprint density at radius 1 is 1.13 bits per heavy atom. The number of aryl methyl sites for hydroxylation is 2. The first-order chi connectivity index (χ1) is 14.8. The second-order valence-electron chi connectivity index (χ2n) is 7.69. The van der Waals surface area contributed by atoms with Crippen molar-refractivity contribution in [2.24, 2.45) is 0 Å². The van der Waals surface area contributed by atoms with Crippen LogP contribution >= 0.6 is 23.1 Å². The van der Waals surface area contributed by atoms with E-state index in [9.17, 15) is 9.59 Å². The fraction of sp³-hybridized carbons (Fsp3) is 0.304. The van der Waals surface area contributed by atoms with Crippen LogP contribution in [0.4, 0.5) is 16.5 Å². The van der Waals surface area contributed by atoms with Gasteiger partial charge in [-0.25, -0.2) is 0 Å². The number of thioether (sulfide) groups is 1. The zero-order valence-electron chi connectivity index (χ0n) is 17.9. The molecule has 0 aliphatic carbocycles. The van der Waals surface area contributed by atoms with Crippen LogP contribution in [0, 0.1) is 13.8 Å². The number of fused-ring (bicyclic) bond motifs is 1. The number of rotatable bonds is 6. The Balaban J connectivity index is 1.42. The standard InChI is InChI=1S/C23H24N4O2S2/c1-13-5-7-19(11-14(13)2)24-22-25-26-23(31-22)30-15(3)21(29)18-6-8-20-17(12-18)9-10-27(20)16(4)28/h5-8,11-12,15H,9-10H2,1-4H3,(H,24,25). The van der Waals surface area contributed by atoms with E-state index in [4.69, 9.17) is 0 Å². The maximum Gasteiger partial charge on any atom is 0.223 e. The van der Waals surface area contributed by atoms with Gasteiger partial charge in [-0.15, -0.1) is 10.2 Å². The van der Waals surface area contributed by atoms with Crippen LogP contribution in [0.5, 0.6) is 0 Å². The fourth-order valence-corrected chi connectivity index (χ4v) is 5.57. The molecule has 0 saturated heterocycles. The lowest BCUT2D eigenvalue weighted by Crippen LogP contribution is -2.25. The number of nitrogens with zero attached hydrogens (tertiary/aromatic N) is 3. The van der Waals surface area contributed by atoms with Gasteiger partial charge in [0.25, 0.3) is 0 Å². The summed E-state index contributed by atoms with van der Waals surface area (Å²) in [4.78, 5) is 26.5. The van der Waals surface area contributed by atoms with Gasteiger partial charge in [0.05, 0.1) is 5.25 Å². The number of anilines is 3. The summed E-state index contributed by atoms with van der Waals surface area (Å²) in [6, 6.07) is 11.8. The SMILES string of the molecule is CC(=O)N1CCc2cc(C(=O)C(C)Sc3nnc(Nc4ccc(C)c(C)c4)s3)ccc21. The van der Waals surface area contributed by atoms with Crippen LogP contribution in [0.1, 0.15) is 40.9 Å². The van der Waals surface area contributed by atoms with Crippen LogP contribution in [-0.2, 0) is 11.2 Å². The molecule has 0 saturated carbocycles. The van der Waals surface area contributed by atoms with Gasteiger partial charge in [0.15, 0.2) is 10.1 Å². The Kier molecular flexibility index (Phi) is 6.11. The molecule has 1 unspecified atom stereocenters. The molecule has 4 rings (SSSR count). The third kappa shape index (κ3) is 4.65. The molecular weight excluding hydrogens is 428 g/mol. The minimum atomic E-state index is -0.286. The van der Waals surface area contributed by atoms with Crippen molar-refractivity contribution < 1.29 is 9.59 Å². The van der Waals surface area contributed by atoms with Crippen LogP contribution in [0.2, 0.25) is 0 Å². The maximum absolute atomic E-state index is 13.0. The monoisotopic (exact) mass is 452 g/mol. The number of aromatic nitrogens is 2. The predicted octanol–water partition coefficient (Wildman–Crippen LogP) is 5.17. The summed E-state index contributed by atoms with van der Waals surface area (Å²) in [6.07, 6.45) is 0.779. The minimum absolute atomic E-state index is 0.0308. The molecule has 3 aromatic rings. The lowest BCUT2D eigenvalue weighted by Gasteiger charge is -2.15. The molecule has 0 radical (unpaired) electrons.